The fourth-order valence-corrected chi connectivity index (χ4v) is 5.35. The maximum Gasteiger partial charge on any atom is 0.305 e. The summed E-state index contributed by atoms with van der Waals surface area (Å²) in [7, 11) is 0. The Kier molecular flexibility index (Phi) is 13.5. The number of aromatic hydroxyl groups is 1. The number of phenols is 1. The average molecular weight is 674 g/mol. The molecule has 0 spiro atoms. The van der Waals surface area contributed by atoms with Crippen LogP contribution in [0.25, 0.3) is 0 Å². The molecule has 0 radical (unpaired) electrons. The van der Waals surface area contributed by atoms with Crippen LogP contribution in [-0.4, -0.2) is 112 Å². The third kappa shape index (κ3) is 11.1. The molecule has 0 aromatic heterocycles. The molecule has 2 saturated heterocycles. The van der Waals surface area contributed by atoms with Gasteiger partial charge in [-0.05, 0) is 50.3 Å². The summed E-state index contributed by atoms with van der Waals surface area (Å²) in [5.74, 6) is -5.97. The molecule has 5 atom stereocenters. The van der Waals surface area contributed by atoms with Crippen molar-refractivity contribution in [3.63, 3.8) is 0 Å². The second kappa shape index (κ2) is 17.5. The van der Waals surface area contributed by atoms with Crippen LogP contribution in [0.2, 0.25) is 0 Å². The number of carbonyl (C=O) groups excluding carboxylic acids is 6. The van der Waals surface area contributed by atoms with Crippen LogP contribution in [0, 0.1) is 0 Å². The second-order valence-electron chi connectivity index (χ2n) is 11.6. The van der Waals surface area contributed by atoms with Crippen molar-refractivity contribution in [2.45, 2.75) is 82.1 Å². The van der Waals surface area contributed by atoms with Crippen molar-refractivity contribution in [1.29, 1.82) is 0 Å². The smallest absolute Gasteiger partial charge is 0.305 e. The van der Waals surface area contributed by atoms with Gasteiger partial charge in [0.05, 0.1) is 6.42 Å². The number of hydrogen-bond donors (Lipinski definition) is 9. The zero-order chi connectivity index (χ0) is 35.4. The van der Waals surface area contributed by atoms with Gasteiger partial charge in [0.2, 0.25) is 35.4 Å². The number of amides is 6. The Hall–Kier alpha value is -5.42. The molecule has 3 rings (SSSR count). The Balaban J connectivity index is 1.94. The highest BCUT2D eigenvalue weighted by atomic mass is 16.4. The number of aliphatic carboxylic acids is 1. The van der Waals surface area contributed by atoms with Gasteiger partial charge in [0.15, 0.2) is 5.96 Å². The van der Waals surface area contributed by atoms with Crippen LogP contribution in [0.4, 0.5) is 0 Å². The minimum absolute atomic E-state index is 0.0290. The van der Waals surface area contributed by atoms with Crippen LogP contribution in [0.3, 0.4) is 0 Å². The average Bonchev–Trinajstić information content (AvgIpc) is 3.52. The maximum absolute atomic E-state index is 13.5. The van der Waals surface area contributed by atoms with Gasteiger partial charge in [-0.3, -0.25) is 38.6 Å². The Bertz CT molecular complexity index is 1400. The summed E-state index contributed by atoms with van der Waals surface area (Å²) in [6.07, 6.45) is -0.0429. The first kappa shape index (κ1) is 37.0. The molecule has 2 fully saturated rings. The summed E-state index contributed by atoms with van der Waals surface area (Å²) in [5.41, 5.74) is 11.3. The van der Waals surface area contributed by atoms with Crippen LogP contribution in [0.5, 0.6) is 5.75 Å². The van der Waals surface area contributed by atoms with Crippen molar-refractivity contribution in [3.8, 4) is 5.75 Å². The van der Waals surface area contributed by atoms with Crippen molar-refractivity contribution in [2.24, 2.45) is 16.5 Å². The minimum atomic E-state index is -1.67. The third-order valence-corrected chi connectivity index (χ3v) is 7.87. The fourth-order valence-electron chi connectivity index (χ4n) is 5.35. The van der Waals surface area contributed by atoms with Gasteiger partial charge in [-0.25, -0.2) is 0 Å². The number of benzene rings is 1. The van der Waals surface area contributed by atoms with E-state index in [-0.39, 0.29) is 50.5 Å². The number of nitrogens with two attached hydrogens (primary N) is 2. The normalized spacial score (nSPS) is 24.8. The van der Waals surface area contributed by atoms with Crippen molar-refractivity contribution < 1.29 is 43.8 Å². The molecule has 1 aromatic carbocycles. The molecular weight excluding hydrogens is 630 g/mol. The molecule has 1 aromatic rings. The first-order valence-corrected chi connectivity index (χ1v) is 15.6. The highest BCUT2D eigenvalue weighted by Crippen LogP contribution is 2.19. The van der Waals surface area contributed by atoms with E-state index in [4.69, 9.17) is 11.5 Å². The molecule has 2 aliphatic heterocycles. The van der Waals surface area contributed by atoms with E-state index >= 15 is 0 Å². The number of carboxylic acid groups (broad SMARTS) is 1. The molecular formula is C30H43N9O9. The van der Waals surface area contributed by atoms with E-state index in [0.717, 1.165) is 0 Å². The van der Waals surface area contributed by atoms with Crippen molar-refractivity contribution in [3.05, 3.63) is 29.8 Å². The van der Waals surface area contributed by atoms with Gasteiger partial charge in [-0.2, -0.15) is 0 Å². The van der Waals surface area contributed by atoms with Gasteiger partial charge >= 0.3 is 5.97 Å². The number of guanidine groups is 1. The Morgan fingerprint density at radius 2 is 1.54 bits per heavy atom. The van der Waals surface area contributed by atoms with E-state index in [1.165, 1.54) is 36.1 Å². The summed E-state index contributed by atoms with van der Waals surface area (Å²) in [5, 5.41) is 31.8. The fraction of sp³-hybridized carbons (Fsp3) is 0.533. The number of nitrogens with zero attached hydrogens (tertiary/aromatic N) is 2. The molecule has 11 N–H and O–H groups in total. The molecule has 2 heterocycles. The molecule has 0 aliphatic carbocycles. The minimum Gasteiger partial charge on any atom is -0.508 e. The molecule has 18 nitrogen and oxygen atoms in total. The standard InChI is InChI=1S/C30H43N9O9/c1-16-25(44)36-19(4-2-11-34-30(31)32)27(46)38-21(15-24(42)43)28(47)37-20(14-17-6-8-18(40)9-7-17)26(45)33-12-10-23(41)39-13-3-5-22(39)29(48)35-16/h6-9,16,19-22,40H,2-5,10-15H2,1H3,(H,33,45)(H,35,48)(H,36,44)(H,37,47)(H,38,46)(H,42,43)(H4,31,32,34)/t16-,19-,20-,21-,22-/m0/s1. The number of aliphatic imine (C=N–C) groups is 1. The third-order valence-electron chi connectivity index (χ3n) is 7.87. The summed E-state index contributed by atoms with van der Waals surface area (Å²) in [6.45, 7) is 1.65. The van der Waals surface area contributed by atoms with E-state index in [9.17, 15) is 43.8 Å². The quantitative estimate of drug-likeness (QED) is 0.0758. The summed E-state index contributed by atoms with van der Waals surface area (Å²) >= 11 is 0. The van der Waals surface area contributed by atoms with Crippen LogP contribution in [0.15, 0.2) is 29.3 Å². The van der Waals surface area contributed by atoms with Gasteiger partial charge in [-0.15, -0.1) is 0 Å². The zero-order valence-electron chi connectivity index (χ0n) is 26.6. The highest BCUT2D eigenvalue weighted by molar-refractivity contribution is 5.97. The SMILES string of the molecule is C[C@@H]1NC(=O)[C@@H]2CCCN2C(=O)CCNC(=O)[C@H](Cc2ccc(O)cc2)NC(=O)[C@H](CC(=O)O)NC(=O)[C@H](CCCN=C(N)N)NC1=O. The first-order valence-electron chi connectivity index (χ1n) is 15.6. The molecule has 0 unspecified atom stereocenters. The van der Waals surface area contributed by atoms with Crippen molar-refractivity contribution in [2.75, 3.05) is 19.6 Å². The Morgan fingerprint density at radius 3 is 2.21 bits per heavy atom. The molecule has 6 amide bonds. The largest absolute Gasteiger partial charge is 0.508 e. The monoisotopic (exact) mass is 673 g/mol. The first-order chi connectivity index (χ1) is 22.7. The van der Waals surface area contributed by atoms with Gasteiger partial charge in [0.1, 0.15) is 36.0 Å². The van der Waals surface area contributed by atoms with E-state index in [0.29, 0.717) is 24.9 Å². The van der Waals surface area contributed by atoms with Gasteiger partial charge in [-0.1, -0.05) is 12.1 Å². The Labute approximate surface area is 276 Å². The predicted octanol–water partition coefficient (Wildman–Crippen LogP) is -3.07. The number of phenolic OH excluding ortho intramolecular Hbond substituents is 1. The van der Waals surface area contributed by atoms with Crippen LogP contribution < -0.4 is 38.1 Å². The van der Waals surface area contributed by atoms with Gasteiger partial charge in [0, 0.05) is 32.5 Å². The number of nitrogens with one attached hydrogen (secondary N) is 5. The van der Waals surface area contributed by atoms with Crippen molar-refractivity contribution >= 4 is 47.4 Å². The highest BCUT2D eigenvalue weighted by Gasteiger charge is 2.36. The molecule has 18 heteroatoms. The Morgan fingerprint density at radius 1 is 0.896 bits per heavy atom. The molecule has 262 valence electrons. The molecule has 0 saturated carbocycles. The summed E-state index contributed by atoms with van der Waals surface area (Å²) in [4.78, 5) is 96.6. The van der Waals surface area contributed by atoms with Crippen LogP contribution in [-0.2, 0) is 40.0 Å². The molecule has 2 aliphatic rings. The van der Waals surface area contributed by atoms with Crippen LogP contribution in [0.1, 0.15) is 51.0 Å². The van der Waals surface area contributed by atoms with E-state index in [2.05, 4.69) is 31.6 Å². The van der Waals surface area contributed by atoms with Crippen LogP contribution >= 0.6 is 0 Å². The lowest BCUT2D eigenvalue weighted by molar-refractivity contribution is -0.141. The topological polar surface area (TPSA) is 288 Å². The number of hydrogen-bond acceptors (Lipinski definition) is 9. The zero-order valence-corrected chi connectivity index (χ0v) is 26.6. The number of rotatable bonds is 8. The summed E-state index contributed by atoms with van der Waals surface area (Å²) < 4.78 is 0. The number of carbonyl (C=O) groups is 7. The predicted molar refractivity (Wildman–Crippen MR) is 170 cm³/mol. The molecule has 0 bridgehead atoms. The lowest BCUT2D eigenvalue weighted by Crippen LogP contribution is -2.59. The van der Waals surface area contributed by atoms with E-state index < -0.39 is 78.0 Å². The lowest BCUT2D eigenvalue weighted by atomic mass is 10.0. The van der Waals surface area contributed by atoms with E-state index in [1.807, 2.05) is 0 Å². The van der Waals surface area contributed by atoms with E-state index in [1.54, 1.807) is 0 Å². The van der Waals surface area contributed by atoms with Gasteiger partial charge < -0.3 is 53.2 Å². The second-order valence-corrected chi connectivity index (χ2v) is 11.6. The lowest BCUT2D eigenvalue weighted by Gasteiger charge is -2.26. The number of fused-ring (bicyclic) bond motifs is 1. The maximum atomic E-state index is 13.5. The summed E-state index contributed by atoms with van der Waals surface area (Å²) in [6, 6.07) is -0.421. The molecule has 48 heavy (non-hydrogen) atoms. The van der Waals surface area contributed by atoms with Gasteiger partial charge in [0.25, 0.3) is 0 Å². The van der Waals surface area contributed by atoms with Crippen molar-refractivity contribution in [1.82, 2.24) is 31.5 Å². The number of carboxylic acids is 1.